The van der Waals surface area contributed by atoms with Gasteiger partial charge in [0.2, 0.25) is 0 Å². The van der Waals surface area contributed by atoms with E-state index < -0.39 is 4.92 Å². The van der Waals surface area contributed by atoms with Crippen LogP contribution >= 0.6 is 27.3 Å². The lowest BCUT2D eigenvalue weighted by atomic mass is 10.1. The highest BCUT2D eigenvalue weighted by Crippen LogP contribution is 2.28. The normalized spacial score (nSPS) is 10.0. The first-order chi connectivity index (χ1) is 9.61. The van der Waals surface area contributed by atoms with Gasteiger partial charge in [0.25, 0.3) is 0 Å². The summed E-state index contributed by atoms with van der Waals surface area (Å²) in [5.74, 6) is 0. The number of nitro groups is 1. The first kappa shape index (κ1) is 14.5. The van der Waals surface area contributed by atoms with Gasteiger partial charge in [-0.1, -0.05) is 6.07 Å². The van der Waals surface area contributed by atoms with Gasteiger partial charge in [0.05, 0.1) is 8.71 Å². The van der Waals surface area contributed by atoms with Gasteiger partial charge < -0.3 is 5.32 Å². The Morgan fingerprint density at radius 2 is 2.20 bits per heavy atom. The maximum Gasteiger partial charge on any atom is 0.309 e. The highest BCUT2D eigenvalue weighted by atomic mass is 79.9. The summed E-state index contributed by atoms with van der Waals surface area (Å²) in [4.78, 5) is 11.7. The number of hydrogen-bond acceptors (Lipinski definition) is 5. The fourth-order valence-corrected chi connectivity index (χ4v) is 3.26. The molecular weight excluding hydrogens is 342 g/mol. The van der Waals surface area contributed by atoms with Gasteiger partial charge in [0, 0.05) is 11.4 Å². The molecular formula is C13H10BrN3O2S. The molecule has 0 aliphatic carbocycles. The molecule has 0 aliphatic rings. The van der Waals surface area contributed by atoms with Crippen LogP contribution in [0.25, 0.3) is 0 Å². The first-order valence-corrected chi connectivity index (χ1v) is 7.38. The van der Waals surface area contributed by atoms with Crippen LogP contribution in [0.1, 0.15) is 10.4 Å². The van der Waals surface area contributed by atoms with Crippen LogP contribution < -0.4 is 5.32 Å². The summed E-state index contributed by atoms with van der Waals surface area (Å²) in [5, 5.41) is 23.0. The van der Waals surface area contributed by atoms with Gasteiger partial charge >= 0.3 is 5.69 Å². The van der Waals surface area contributed by atoms with Gasteiger partial charge in [-0.05, 0) is 46.6 Å². The van der Waals surface area contributed by atoms with Gasteiger partial charge in [-0.25, -0.2) is 0 Å². The zero-order chi connectivity index (χ0) is 14.5. The smallest absolute Gasteiger partial charge is 0.309 e. The third kappa shape index (κ3) is 3.35. The zero-order valence-corrected chi connectivity index (χ0v) is 12.7. The van der Waals surface area contributed by atoms with Crippen LogP contribution in [-0.4, -0.2) is 11.5 Å². The number of nitriles is 1. The molecule has 0 radical (unpaired) electrons. The lowest BCUT2D eigenvalue weighted by molar-refractivity contribution is -0.384. The summed E-state index contributed by atoms with van der Waals surface area (Å²) >= 11 is 5.02. The molecule has 2 rings (SSSR count). The minimum atomic E-state index is -0.525. The van der Waals surface area contributed by atoms with Crippen molar-refractivity contribution in [3.05, 3.63) is 54.7 Å². The number of thiophene rings is 1. The van der Waals surface area contributed by atoms with E-state index in [4.69, 9.17) is 5.26 Å². The molecule has 20 heavy (non-hydrogen) atoms. The van der Waals surface area contributed by atoms with Gasteiger partial charge in [-0.3, -0.25) is 10.1 Å². The van der Waals surface area contributed by atoms with Crippen LogP contribution in [0.15, 0.2) is 34.1 Å². The molecule has 5 nitrogen and oxygen atoms in total. The van der Waals surface area contributed by atoms with E-state index in [1.54, 1.807) is 23.5 Å². The van der Waals surface area contributed by atoms with Crippen LogP contribution in [0.3, 0.4) is 0 Å². The third-order valence-electron chi connectivity index (χ3n) is 2.65. The average Bonchev–Trinajstić information content (AvgIpc) is 2.83. The lowest BCUT2D eigenvalue weighted by Crippen LogP contribution is -2.07. The molecule has 1 aromatic carbocycles. The summed E-state index contributed by atoms with van der Waals surface area (Å²) in [6, 6.07) is 10.5. The molecule has 0 spiro atoms. The molecule has 0 saturated carbocycles. The van der Waals surface area contributed by atoms with E-state index >= 15 is 0 Å². The molecule has 0 fully saturated rings. The van der Waals surface area contributed by atoms with Crippen LogP contribution in [0.2, 0.25) is 0 Å². The zero-order valence-electron chi connectivity index (χ0n) is 10.3. The first-order valence-electron chi connectivity index (χ1n) is 5.77. The SMILES string of the molecule is N#Cc1cccc(NCCc2ccc(Br)s2)c1[N+](=O)[O-]. The molecule has 2 aromatic rings. The number of anilines is 1. The highest BCUT2D eigenvalue weighted by Gasteiger charge is 2.18. The lowest BCUT2D eigenvalue weighted by Gasteiger charge is -2.07. The number of hydrogen-bond donors (Lipinski definition) is 1. The molecule has 0 aliphatic heterocycles. The van der Waals surface area contributed by atoms with E-state index in [0.717, 1.165) is 10.2 Å². The number of rotatable bonds is 5. The van der Waals surface area contributed by atoms with Crippen LogP contribution in [0.4, 0.5) is 11.4 Å². The van der Waals surface area contributed by atoms with Gasteiger partial charge in [-0.15, -0.1) is 11.3 Å². The minimum absolute atomic E-state index is 0.0684. The summed E-state index contributed by atoms with van der Waals surface area (Å²) in [6.45, 7) is 0.572. The largest absolute Gasteiger partial charge is 0.379 e. The number of nitrogens with one attached hydrogen (secondary N) is 1. The van der Waals surface area contributed by atoms with Gasteiger partial charge in [0.15, 0.2) is 0 Å². The number of benzene rings is 1. The summed E-state index contributed by atoms with van der Waals surface area (Å²) < 4.78 is 1.06. The quantitative estimate of drug-likeness (QED) is 0.653. The Morgan fingerprint density at radius 1 is 1.40 bits per heavy atom. The maximum atomic E-state index is 11.0. The van der Waals surface area contributed by atoms with Gasteiger partial charge in [0.1, 0.15) is 17.3 Å². The van der Waals surface area contributed by atoms with Crippen molar-refractivity contribution in [2.75, 3.05) is 11.9 Å². The number of nitro benzene ring substituents is 1. The van der Waals surface area contributed by atoms with E-state index in [-0.39, 0.29) is 11.3 Å². The molecule has 102 valence electrons. The van der Waals surface area contributed by atoms with Gasteiger partial charge in [-0.2, -0.15) is 5.26 Å². The molecule has 1 N–H and O–H groups in total. The van der Waals surface area contributed by atoms with E-state index in [9.17, 15) is 10.1 Å². The van der Waals surface area contributed by atoms with E-state index in [0.29, 0.717) is 12.2 Å². The molecule has 7 heteroatoms. The van der Waals surface area contributed by atoms with Crippen molar-refractivity contribution in [2.24, 2.45) is 0 Å². The number of para-hydroxylation sites is 1. The molecule has 1 aromatic heterocycles. The number of halogens is 1. The monoisotopic (exact) mass is 351 g/mol. The second-order valence-electron chi connectivity index (χ2n) is 3.95. The van der Waals surface area contributed by atoms with Crippen molar-refractivity contribution in [3.63, 3.8) is 0 Å². The van der Waals surface area contributed by atoms with Crippen molar-refractivity contribution >= 4 is 38.6 Å². The highest BCUT2D eigenvalue weighted by molar-refractivity contribution is 9.11. The topological polar surface area (TPSA) is 79.0 Å². The molecule has 0 atom stereocenters. The standard InChI is InChI=1S/C13H10BrN3O2S/c14-12-5-4-10(20-12)6-7-16-11-3-1-2-9(8-15)13(11)17(18)19/h1-5,16H,6-7H2. The average molecular weight is 352 g/mol. The van der Waals surface area contributed by atoms with Crippen molar-refractivity contribution in [1.29, 1.82) is 5.26 Å². The van der Waals surface area contributed by atoms with Crippen LogP contribution in [0, 0.1) is 21.4 Å². The summed E-state index contributed by atoms with van der Waals surface area (Å²) in [6.07, 6.45) is 0.768. The summed E-state index contributed by atoms with van der Waals surface area (Å²) in [7, 11) is 0. The van der Waals surface area contributed by atoms with Crippen LogP contribution in [0.5, 0.6) is 0 Å². The Hall–Kier alpha value is -1.91. The predicted molar refractivity (Wildman–Crippen MR) is 82.0 cm³/mol. The Kier molecular flexibility index (Phi) is 4.71. The predicted octanol–water partition coefficient (Wildman–Crippen LogP) is 3.95. The third-order valence-corrected chi connectivity index (χ3v) is 4.34. The van der Waals surface area contributed by atoms with E-state index in [1.807, 2.05) is 18.2 Å². The minimum Gasteiger partial charge on any atom is -0.379 e. The Bertz CT molecular complexity index is 678. The Morgan fingerprint density at radius 3 is 2.80 bits per heavy atom. The molecule has 0 unspecified atom stereocenters. The Balaban J connectivity index is 2.10. The van der Waals surface area contributed by atoms with Crippen molar-refractivity contribution in [2.45, 2.75) is 6.42 Å². The molecule has 1 heterocycles. The van der Waals surface area contributed by atoms with Crippen LogP contribution in [-0.2, 0) is 6.42 Å². The van der Waals surface area contributed by atoms with Crippen molar-refractivity contribution < 1.29 is 4.92 Å². The molecule has 0 saturated heterocycles. The second-order valence-corrected chi connectivity index (χ2v) is 6.50. The fraction of sp³-hybridized carbons (Fsp3) is 0.154. The van der Waals surface area contributed by atoms with E-state index in [1.165, 1.54) is 10.9 Å². The second kappa shape index (κ2) is 6.50. The summed E-state index contributed by atoms with van der Waals surface area (Å²) in [5.41, 5.74) is 0.283. The van der Waals surface area contributed by atoms with Crippen molar-refractivity contribution in [3.8, 4) is 6.07 Å². The Labute approximate surface area is 128 Å². The molecule has 0 amide bonds. The van der Waals surface area contributed by atoms with Crippen molar-refractivity contribution in [1.82, 2.24) is 0 Å². The number of nitrogens with zero attached hydrogens (tertiary/aromatic N) is 2. The fourth-order valence-electron chi connectivity index (χ4n) is 1.78. The molecule has 0 bridgehead atoms. The maximum absolute atomic E-state index is 11.0. The van der Waals surface area contributed by atoms with E-state index in [2.05, 4.69) is 21.2 Å².